The van der Waals surface area contributed by atoms with E-state index in [0.29, 0.717) is 0 Å². The molecular formula is C16H27NO2. The summed E-state index contributed by atoms with van der Waals surface area (Å²) in [6, 6.07) is 5.99. The maximum atomic E-state index is 5.89. The Labute approximate surface area is 117 Å². The molecule has 0 bridgehead atoms. The van der Waals surface area contributed by atoms with E-state index in [-0.39, 0.29) is 0 Å². The standard InChI is InChI=1S/C16H27NO2/c1-5-17-12-14-11-15(18-4)8-9-16(14)19-10-6-7-13(2)3/h8-9,11,13,17H,5-7,10,12H2,1-4H3. The SMILES string of the molecule is CCNCc1cc(OC)ccc1OCCCC(C)C. The first-order chi connectivity index (χ1) is 9.17. The molecule has 1 N–H and O–H groups in total. The molecular weight excluding hydrogens is 238 g/mol. The molecule has 0 aliphatic carbocycles. The molecule has 0 spiro atoms. The number of methoxy groups -OCH3 is 1. The molecule has 0 aromatic heterocycles. The third kappa shape index (κ3) is 5.97. The zero-order valence-corrected chi connectivity index (χ0v) is 12.7. The molecule has 0 aliphatic rings. The van der Waals surface area contributed by atoms with E-state index in [1.54, 1.807) is 7.11 Å². The lowest BCUT2D eigenvalue weighted by molar-refractivity contribution is 0.293. The van der Waals surface area contributed by atoms with Crippen LogP contribution in [0.5, 0.6) is 11.5 Å². The molecule has 0 unspecified atom stereocenters. The van der Waals surface area contributed by atoms with Crippen molar-refractivity contribution in [2.75, 3.05) is 20.3 Å². The van der Waals surface area contributed by atoms with E-state index < -0.39 is 0 Å². The maximum Gasteiger partial charge on any atom is 0.124 e. The average Bonchev–Trinajstić information content (AvgIpc) is 2.41. The second-order valence-electron chi connectivity index (χ2n) is 5.14. The summed E-state index contributed by atoms with van der Waals surface area (Å²) in [6.07, 6.45) is 2.31. The van der Waals surface area contributed by atoms with Gasteiger partial charge in [-0.25, -0.2) is 0 Å². The molecule has 0 amide bonds. The number of nitrogens with one attached hydrogen (secondary N) is 1. The van der Waals surface area contributed by atoms with Gasteiger partial charge in [-0.3, -0.25) is 0 Å². The molecule has 108 valence electrons. The van der Waals surface area contributed by atoms with Gasteiger partial charge in [-0.2, -0.15) is 0 Å². The van der Waals surface area contributed by atoms with Crippen LogP contribution in [-0.2, 0) is 6.54 Å². The lowest BCUT2D eigenvalue weighted by Crippen LogP contribution is -2.13. The summed E-state index contributed by atoms with van der Waals surface area (Å²) in [5.41, 5.74) is 1.16. The van der Waals surface area contributed by atoms with E-state index in [2.05, 4.69) is 26.1 Å². The van der Waals surface area contributed by atoms with Gasteiger partial charge in [0.15, 0.2) is 0 Å². The van der Waals surface area contributed by atoms with Crippen molar-refractivity contribution in [3.8, 4) is 11.5 Å². The van der Waals surface area contributed by atoms with Crippen molar-refractivity contribution in [3.05, 3.63) is 23.8 Å². The van der Waals surface area contributed by atoms with Gasteiger partial charge in [-0.1, -0.05) is 20.8 Å². The van der Waals surface area contributed by atoms with E-state index >= 15 is 0 Å². The summed E-state index contributed by atoms with van der Waals surface area (Å²) in [5, 5.41) is 3.33. The molecule has 0 saturated carbocycles. The molecule has 1 rings (SSSR count). The second kappa shape index (κ2) is 8.81. The van der Waals surface area contributed by atoms with Crippen molar-refractivity contribution in [3.63, 3.8) is 0 Å². The fourth-order valence-corrected chi connectivity index (χ4v) is 1.90. The van der Waals surface area contributed by atoms with Gasteiger partial charge in [0.2, 0.25) is 0 Å². The van der Waals surface area contributed by atoms with Crippen LogP contribution in [0.4, 0.5) is 0 Å². The summed E-state index contributed by atoms with van der Waals surface area (Å²) in [7, 11) is 1.69. The molecule has 3 nitrogen and oxygen atoms in total. The Balaban J connectivity index is 2.58. The van der Waals surface area contributed by atoms with Crippen LogP contribution in [-0.4, -0.2) is 20.3 Å². The Morgan fingerprint density at radius 3 is 2.68 bits per heavy atom. The van der Waals surface area contributed by atoms with Gasteiger partial charge in [-0.15, -0.1) is 0 Å². The summed E-state index contributed by atoms with van der Waals surface area (Å²) in [6.45, 7) is 9.12. The van der Waals surface area contributed by atoms with Crippen molar-refractivity contribution in [2.24, 2.45) is 5.92 Å². The molecule has 1 aromatic rings. The molecule has 0 saturated heterocycles. The van der Waals surface area contributed by atoms with Crippen LogP contribution in [0.25, 0.3) is 0 Å². The van der Waals surface area contributed by atoms with Crippen molar-refractivity contribution in [1.29, 1.82) is 0 Å². The van der Waals surface area contributed by atoms with E-state index in [1.807, 2.05) is 18.2 Å². The molecule has 3 heteroatoms. The van der Waals surface area contributed by atoms with E-state index in [9.17, 15) is 0 Å². The van der Waals surface area contributed by atoms with Gasteiger partial charge in [0.05, 0.1) is 13.7 Å². The third-order valence-electron chi connectivity index (χ3n) is 3.02. The van der Waals surface area contributed by atoms with Crippen LogP contribution in [0.1, 0.15) is 39.2 Å². The normalized spacial score (nSPS) is 10.8. The Bertz CT molecular complexity index is 364. The maximum absolute atomic E-state index is 5.89. The lowest BCUT2D eigenvalue weighted by atomic mass is 10.1. The second-order valence-corrected chi connectivity index (χ2v) is 5.14. The number of rotatable bonds is 9. The smallest absolute Gasteiger partial charge is 0.124 e. The first-order valence-corrected chi connectivity index (χ1v) is 7.17. The largest absolute Gasteiger partial charge is 0.497 e. The van der Waals surface area contributed by atoms with Crippen molar-refractivity contribution < 1.29 is 9.47 Å². The predicted molar refractivity (Wildman–Crippen MR) is 79.9 cm³/mol. The van der Waals surface area contributed by atoms with Crippen LogP contribution in [0.15, 0.2) is 18.2 Å². The number of benzene rings is 1. The number of hydrogen-bond donors (Lipinski definition) is 1. The monoisotopic (exact) mass is 265 g/mol. The van der Waals surface area contributed by atoms with E-state index in [4.69, 9.17) is 9.47 Å². The predicted octanol–water partition coefficient (Wildman–Crippen LogP) is 3.62. The highest BCUT2D eigenvalue weighted by Gasteiger charge is 2.05. The van der Waals surface area contributed by atoms with E-state index in [1.165, 1.54) is 6.42 Å². The minimum atomic E-state index is 0.737. The van der Waals surface area contributed by atoms with Gasteiger partial charge >= 0.3 is 0 Å². The summed E-state index contributed by atoms with van der Waals surface area (Å²) < 4.78 is 11.2. The highest BCUT2D eigenvalue weighted by atomic mass is 16.5. The van der Waals surface area contributed by atoms with Gasteiger partial charge in [0.25, 0.3) is 0 Å². The summed E-state index contributed by atoms with van der Waals surface area (Å²) in [4.78, 5) is 0. The summed E-state index contributed by atoms with van der Waals surface area (Å²) >= 11 is 0. The highest BCUT2D eigenvalue weighted by Crippen LogP contribution is 2.24. The molecule has 0 atom stereocenters. The Morgan fingerprint density at radius 2 is 2.05 bits per heavy atom. The van der Waals surface area contributed by atoms with Crippen molar-refractivity contribution in [2.45, 2.75) is 40.2 Å². The Hall–Kier alpha value is -1.22. The number of ether oxygens (including phenoxy) is 2. The first kappa shape index (κ1) is 15.8. The minimum Gasteiger partial charge on any atom is -0.497 e. The molecule has 0 aliphatic heterocycles. The van der Waals surface area contributed by atoms with Crippen LogP contribution >= 0.6 is 0 Å². The van der Waals surface area contributed by atoms with Gasteiger partial charge in [0, 0.05) is 12.1 Å². The van der Waals surface area contributed by atoms with Gasteiger partial charge in [0.1, 0.15) is 11.5 Å². The highest BCUT2D eigenvalue weighted by molar-refractivity contribution is 5.40. The quantitative estimate of drug-likeness (QED) is 0.692. The minimum absolute atomic E-state index is 0.737. The molecule has 0 heterocycles. The summed E-state index contributed by atoms with van der Waals surface area (Å²) in [5.74, 6) is 2.58. The molecule has 0 radical (unpaired) electrons. The zero-order chi connectivity index (χ0) is 14.1. The fourth-order valence-electron chi connectivity index (χ4n) is 1.90. The Morgan fingerprint density at radius 1 is 1.26 bits per heavy atom. The molecule has 1 aromatic carbocycles. The fraction of sp³-hybridized carbons (Fsp3) is 0.625. The van der Waals surface area contributed by atoms with Crippen molar-refractivity contribution in [1.82, 2.24) is 5.32 Å². The topological polar surface area (TPSA) is 30.5 Å². The lowest BCUT2D eigenvalue weighted by Gasteiger charge is -2.13. The molecule has 19 heavy (non-hydrogen) atoms. The zero-order valence-electron chi connectivity index (χ0n) is 12.7. The number of hydrogen-bond acceptors (Lipinski definition) is 3. The van der Waals surface area contributed by atoms with E-state index in [0.717, 1.165) is 49.1 Å². The third-order valence-corrected chi connectivity index (χ3v) is 3.02. The first-order valence-electron chi connectivity index (χ1n) is 7.17. The molecule has 0 fully saturated rings. The average molecular weight is 265 g/mol. The Kier molecular flexibility index (Phi) is 7.34. The van der Waals surface area contributed by atoms with Crippen LogP contribution in [0.2, 0.25) is 0 Å². The van der Waals surface area contributed by atoms with Crippen LogP contribution in [0, 0.1) is 5.92 Å². The van der Waals surface area contributed by atoms with Gasteiger partial charge < -0.3 is 14.8 Å². The van der Waals surface area contributed by atoms with Crippen LogP contribution < -0.4 is 14.8 Å². The van der Waals surface area contributed by atoms with Crippen molar-refractivity contribution >= 4 is 0 Å². The van der Waals surface area contributed by atoms with Gasteiger partial charge in [-0.05, 0) is 43.5 Å². The van der Waals surface area contributed by atoms with Crippen LogP contribution in [0.3, 0.4) is 0 Å².